The molecule has 6 heteroatoms. The molecule has 2 heterocycles. The Morgan fingerprint density at radius 3 is 3.14 bits per heavy atom. The van der Waals surface area contributed by atoms with E-state index in [4.69, 9.17) is 0 Å². The topological polar surface area (TPSA) is 55.6 Å². The zero-order valence-corrected chi connectivity index (χ0v) is 7.74. The molecule has 1 N–H and O–H groups in total. The lowest BCUT2D eigenvalue weighted by Crippen LogP contribution is -2.05. The molecule has 0 aliphatic rings. The maximum atomic E-state index is 12.0. The van der Waals surface area contributed by atoms with E-state index in [-0.39, 0.29) is 6.54 Å². The molecule has 0 radical (unpaired) electrons. The van der Waals surface area contributed by atoms with Crippen LogP contribution in [0, 0.1) is 0 Å². The molecule has 0 aliphatic carbocycles. The molecule has 14 heavy (non-hydrogen) atoms. The van der Waals surface area contributed by atoms with Crippen LogP contribution in [0.15, 0.2) is 12.5 Å². The SMILES string of the molecule is Cn1ncc2c(NCCF)ncnc21. The lowest BCUT2D eigenvalue weighted by atomic mass is 10.4. The van der Waals surface area contributed by atoms with Gasteiger partial charge in [-0.05, 0) is 0 Å². The number of aromatic nitrogens is 4. The second kappa shape index (κ2) is 3.57. The summed E-state index contributed by atoms with van der Waals surface area (Å²) in [6.07, 6.45) is 3.10. The van der Waals surface area contributed by atoms with Gasteiger partial charge in [-0.15, -0.1) is 0 Å². The fourth-order valence-corrected chi connectivity index (χ4v) is 1.27. The number of fused-ring (bicyclic) bond motifs is 1. The van der Waals surface area contributed by atoms with E-state index in [0.717, 1.165) is 11.0 Å². The average molecular weight is 195 g/mol. The van der Waals surface area contributed by atoms with E-state index in [0.29, 0.717) is 5.82 Å². The Morgan fingerprint density at radius 2 is 2.36 bits per heavy atom. The molecule has 0 unspecified atom stereocenters. The maximum Gasteiger partial charge on any atom is 0.163 e. The average Bonchev–Trinajstić information content (AvgIpc) is 2.58. The Morgan fingerprint density at radius 1 is 1.50 bits per heavy atom. The van der Waals surface area contributed by atoms with Gasteiger partial charge < -0.3 is 5.32 Å². The van der Waals surface area contributed by atoms with Gasteiger partial charge in [-0.25, -0.2) is 14.4 Å². The van der Waals surface area contributed by atoms with E-state index in [2.05, 4.69) is 20.4 Å². The van der Waals surface area contributed by atoms with Crippen molar-refractivity contribution in [2.45, 2.75) is 0 Å². The van der Waals surface area contributed by atoms with Gasteiger partial charge in [0, 0.05) is 13.6 Å². The summed E-state index contributed by atoms with van der Waals surface area (Å²) in [5.41, 5.74) is 0.737. The molecule has 0 amide bonds. The van der Waals surface area contributed by atoms with Crippen molar-refractivity contribution in [1.29, 1.82) is 0 Å². The first-order valence-electron chi connectivity index (χ1n) is 4.25. The Kier molecular flexibility index (Phi) is 2.26. The van der Waals surface area contributed by atoms with E-state index in [1.54, 1.807) is 17.9 Å². The third kappa shape index (κ3) is 1.39. The van der Waals surface area contributed by atoms with E-state index >= 15 is 0 Å². The summed E-state index contributed by atoms with van der Waals surface area (Å²) in [5.74, 6) is 0.626. The van der Waals surface area contributed by atoms with Crippen molar-refractivity contribution < 1.29 is 4.39 Å². The fraction of sp³-hybridized carbons (Fsp3) is 0.375. The van der Waals surface area contributed by atoms with Crippen LogP contribution in [0.1, 0.15) is 0 Å². The third-order valence-corrected chi connectivity index (χ3v) is 1.92. The number of hydrogen-bond acceptors (Lipinski definition) is 4. The van der Waals surface area contributed by atoms with Gasteiger partial charge in [0.1, 0.15) is 18.8 Å². The molecule has 0 aromatic carbocycles. The molecular formula is C8H10FN5. The molecule has 0 bridgehead atoms. The van der Waals surface area contributed by atoms with Gasteiger partial charge in [-0.3, -0.25) is 4.68 Å². The van der Waals surface area contributed by atoms with Crippen molar-refractivity contribution in [3.8, 4) is 0 Å². The minimum absolute atomic E-state index is 0.251. The number of nitrogens with one attached hydrogen (secondary N) is 1. The minimum Gasteiger partial charge on any atom is -0.367 e. The second-order valence-corrected chi connectivity index (χ2v) is 2.84. The van der Waals surface area contributed by atoms with Gasteiger partial charge in [0.25, 0.3) is 0 Å². The second-order valence-electron chi connectivity index (χ2n) is 2.84. The minimum atomic E-state index is -0.425. The summed E-state index contributed by atoms with van der Waals surface area (Å²) in [6, 6.07) is 0. The number of anilines is 1. The maximum absolute atomic E-state index is 12.0. The van der Waals surface area contributed by atoms with Crippen LogP contribution in [0.3, 0.4) is 0 Å². The Balaban J connectivity index is 2.44. The molecule has 0 aliphatic heterocycles. The largest absolute Gasteiger partial charge is 0.367 e. The molecule has 2 aromatic rings. The van der Waals surface area contributed by atoms with Crippen molar-refractivity contribution in [2.75, 3.05) is 18.5 Å². The van der Waals surface area contributed by atoms with Gasteiger partial charge in [0.15, 0.2) is 5.65 Å². The van der Waals surface area contributed by atoms with Gasteiger partial charge in [-0.2, -0.15) is 5.10 Å². The summed E-state index contributed by atoms with van der Waals surface area (Å²) in [6.45, 7) is -0.174. The van der Waals surface area contributed by atoms with Gasteiger partial charge in [-0.1, -0.05) is 0 Å². The van der Waals surface area contributed by atoms with Crippen LogP contribution in [-0.4, -0.2) is 33.0 Å². The van der Waals surface area contributed by atoms with Crippen molar-refractivity contribution in [1.82, 2.24) is 19.7 Å². The van der Waals surface area contributed by atoms with Crippen molar-refractivity contribution >= 4 is 16.9 Å². The zero-order valence-electron chi connectivity index (χ0n) is 7.74. The zero-order chi connectivity index (χ0) is 9.97. The van der Waals surface area contributed by atoms with E-state index < -0.39 is 6.67 Å². The van der Waals surface area contributed by atoms with Crippen molar-refractivity contribution in [3.05, 3.63) is 12.5 Å². The Hall–Kier alpha value is -1.72. The molecule has 0 atom stereocenters. The summed E-state index contributed by atoms with van der Waals surface area (Å²) in [5, 5.41) is 7.72. The number of rotatable bonds is 3. The van der Waals surface area contributed by atoms with Gasteiger partial charge >= 0.3 is 0 Å². The molecule has 0 saturated heterocycles. The fourth-order valence-electron chi connectivity index (χ4n) is 1.27. The van der Waals surface area contributed by atoms with Crippen LogP contribution in [0.25, 0.3) is 11.0 Å². The third-order valence-electron chi connectivity index (χ3n) is 1.92. The molecule has 0 saturated carbocycles. The first-order valence-corrected chi connectivity index (χ1v) is 4.25. The molecule has 0 fully saturated rings. The van der Waals surface area contributed by atoms with Crippen molar-refractivity contribution in [2.24, 2.45) is 7.05 Å². The molecule has 2 aromatic heterocycles. The highest BCUT2D eigenvalue weighted by atomic mass is 19.1. The van der Waals surface area contributed by atoms with Crippen LogP contribution in [0.4, 0.5) is 10.2 Å². The van der Waals surface area contributed by atoms with Crippen LogP contribution < -0.4 is 5.32 Å². The number of hydrogen-bond donors (Lipinski definition) is 1. The highest BCUT2D eigenvalue weighted by Gasteiger charge is 2.06. The molecular weight excluding hydrogens is 185 g/mol. The lowest BCUT2D eigenvalue weighted by molar-refractivity contribution is 0.512. The summed E-state index contributed by atoms with van der Waals surface area (Å²) in [4.78, 5) is 8.08. The molecule has 0 spiro atoms. The summed E-state index contributed by atoms with van der Waals surface area (Å²) >= 11 is 0. The lowest BCUT2D eigenvalue weighted by Gasteiger charge is -2.02. The molecule has 5 nitrogen and oxygen atoms in total. The predicted octanol–water partition coefficient (Wildman–Crippen LogP) is 0.745. The van der Waals surface area contributed by atoms with E-state index in [9.17, 15) is 4.39 Å². The first-order chi connectivity index (χ1) is 6.83. The van der Waals surface area contributed by atoms with Crippen LogP contribution in [0.2, 0.25) is 0 Å². The normalized spacial score (nSPS) is 10.7. The number of alkyl halides is 1. The van der Waals surface area contributed by atoms with E-state index in [1.807, 2.05) is 0 Å². The number of aryl methyl sites for hydroxylation is 1. The molecule has 2 rings (SSSR count). The number of nitrogens with zero attached hydrogens (tertiary/aromatic N) is 4. The number of halogens is 1. The predicted molar refractivity (Wildman–Crippen MR) is 50.8 cm³/mol. The quantitative estimate of drug-likeness (QED) is 0.785. The molecule has 74 valence electrons. The van der Waals surface area contributed by atoms with Crippen LogP contribution in [0.5, 0.6) is 0 Å². The van der Waals surface area contributed by atoms with Gasteiger partial charge in [0.2, 0.25) is 0 Å². The highest BCUT2D eigenvalue weighted by Crippen LogP contribution is 2.16. The Labute approximate surface area is 80.0 Å². The van der Waals surface area contributed by atoms with Crippen LogP contribution in [-0.2, 0) is 7.05 Å². The smallest absolute Gasteiger partial charge is 0.163 e. The van der Waals surface area contributed by atoms with Crippen molar-refractivity contribution in [3.63, 3.8) is 0 Å². The van der Waals surface area contributed by atoms with Gasteiger partial charge in [0.05, 0.1) is 11.6 Å². The first kappa shape index (κ1) is 8.86. The standard InChI is InChI=1S/C8H10FN5/c1-14-8-6(4-13-14)7(10-3-2-9)11-5-12-8/h4-5H,2-3H2,1H3,(H,10,11,12). The monoisotopic (exact) mass is 195 g/mol. The summed E-state index contributed by atoms with van der Waals surface area (Å²) < 4.78 is 13.6. The highest BCUT2D eigenvalue weighted by molar-refractivity contribution is 5.85. The van der Waals surface area contributed by atoms with E-state index in [1.165, 1.54) is 6.33 Å². The Bertz CT molecular complexity index is 438. The van der Waals surface area contributed by atoms with Crippen LogP contribution >= 0.6 is 0 Å². The summed E-state index contributed by atoms with van der Waals surface area (Å²) in [7, 11) is 1.80.